The highest BCUT2D eigenvalue weighted by atomic mass is 19.1. The molecule has 2 heterocycles. The molecule has 24 heavy (non-hydrogen) atoms. The van der Waals surface area contributed by atoms with Gasteiger partial charge in [-0.3, -0.25) is 9.36 Å². The molecule has 0 N–H and O–H groups in total. The van der Waals surface area contributed by atoms with Gasteiger partial charge in [0.2, 0.25) is 0 Å². The summed E-state index contributed by atoms with van der Waals surface area (Å²) in [5, 5.41) is 0.499. The second kappa shape index (κ2) is 7.01. The number of piperidine rings is 1. The van der Waals surface area contributed by atoms with Crippen LogP contribution in [0.1, 0.15) is 32.5 Å². The van der Waals surface area contributed by atoms with Crippen molar-refractivity contribution < 1.29 is 4.39 Å². The lowest BCUT2D eigenvalue weighted by Crippen LogP contribution is -2.38. The highest BCUT2D eigenvalue weighted by Crippen LogP contribution is 2.20. The summed E-state index contributed by atoms with van der Waals surface area (Å²) in [5.74, 6) is 1.51. The molecule has 0 atom stereocenters. The van der Waals surface area contributed by atoms with Crippen LogP contribution in [-0.4, -0.2) is 34.1 Å². The molecule has 0 radical (unpaired) electrons. The third-order valence-electron chi connectivity index (χ3n) is 4.88. The van der Waals surface area contributed by atoms with Crippen LogP contribution in [0, 0.1) is 24.6 Å². The van der Waals surface area contributed by atoms with Gasteiger partial charge in [0.25, 0.3) is 5.56 Å². The zero-order valence-electron chi connectivity index (χ0n) is 14.8. The van der Waals surface area contributed by atoms with Crippen LogP contribution < -0.4 is 5.56 Å². The number of hydrogen-bond acceptors (Lipinski definition) is 3. The number of halogens is 1. The zero-order chi connectivity index (χ0) is 17.3. The van der Waals surface area contributed by atoms with Crippen molar-refractivity contribution in [1.82, 2.24) is 14.5 Å². The van der Waals surface area contributed by atoms with E-state index in [0.29, 0.717) is 35.1 Å². The van der Waals surface area contributed by atoms with Crippen LogP contribution in [0.25, 0.3) is 10.9 Å². The van der Waals surface area contributed by atoms with Gasteiger partial charge < -0.3 is 4.90 Å². The summed E-state index contributed by atoms with van der Waals surface area (Å²) < 4.78 is 15.1. The fourth-order valence-corrected chi connectivity index (χ4v) is 3.65. The van der Waals surface area contributed by atoms with E-state index in [1.165, 1.54) is 12.1 Å². The van der Waals surface area contributed by atoms with E-state index in [0.717, 1.165) is 32.5 Å². The van der Waals surface area contributed by atoms with Crippen LogP contribution in [0.2, 0.25) is 0 Å². The summed E-state index contributed by atoms with van der Waals surface area (Å²) in [6.07, 6.45) is 2.22. The molecule has 0 amide bonds. The molecular formula is C19H26FN3O. The lowest BCUT2D eigenvalue weighted by atomic mass is 9.96. The summed E-state index contributed by atoms with van der Waals surface area (Å²) in [4.78, 5) is 19.7. The molecular weight excluding hydrogens is 305 g/mol. The monoisotopic (exact) mass is 331 g/mol. The molecule has 1 saturated heterocycles. The number of hydrogen-bond donors (Lipinski definition) is 0. The predicted molar refractivity (Wildman–Crippen MR) is 94.7 cm³/mol. The van der Waals surface area contributed by atoms with Crippen molar-refractivity contribution in [1.29, 1.82) is 0 Å². The molecule has 1 fully saturated rings. The SMILES string of the molecule is Cc1nc2cc(F)ccc2c(=O)n1CC1CCN(CC(C)C)CC1. The molecule has 1 aromatic carbocycles. The van der Waals surface area contributed by atoms with Crippen molar-refractivity contribution in [3.8, 4) is 0 Å². The maximum Gasteiger partial charge on any atom is 0.261 e. The van der Waals surface area contributed by atoms with Gasteiger partial charge in [-0.25, -0.2) is 9.37 Å². The van der Waals surface area contributed by atoms with Gasteiger partial charge in [-0.1, -0.05) is 13.8 Å². The Labute approximate surface area is 142 Å². The van der Waals surface area contributed by atoms with Gasteiger partial charge in [-0.2, -0.15) is 0 Å². The fraction of sp³-hybridized carbons (Fsp3) is 0.579. The Bertz CT molecular complexity index is 776. The molecule has 0 spiro atoms. The first-order valence-electron chi connectivity index (χ1n) is 8.83. The molecule has 130 valence electrons. The number of likely N-dealkylation sites (tertiary alicyclic amines) is 1. The van der Waals surface area contributed by atoms with Gasteiger partial charge >= 0.3 is 0 Å². The first-order chi connectivity index (χ1) is 11.4. The zero-order valence-corrected chi connectivity index (χ0v) is 14.8. The molecule has 1 aliphatic rings. The van der Waals surface area contributed by atoms with Gasteiger partial charge in [0.15, 0.2) is 0 Å². The minimum absolute atomic E-state index is 0.0536. The molecule has 0 saturated carbocycles. The van der Waals surface area contributed by atoms with Gasteiger partial charge in [0.05, 0.1) is 10.9 Å². The maximum atomic E-state index is 13.3. The van der Waals surface area contributed by atoms with E-state index in [1.807, 2.05) is 6.92 Å². The molecule has 1 aromatic heterocycles. The molecule has 5 heteroatoms. The standard InChI is InChI=1S/C19H26FN3O/c1-13(2)11-22-8-6-15(7-9-22)12-23-14(3)21-18-10-16(20)4-5-17(18)19(23)24/h4-5,10,13,15H,6-9,11-12H2,1-3H3. The highest BCUT2D eigenvalue weighted by molar-refractivity contribution is 5.77. The van der Waals surface area contributed by atoms with E-state index < -0.39 is 0 Å². The Balaban J connectivity index is 1.76. The number of aryl methyl sites for hydroxylation is 1. The van der Waals surface area contributed by atoms with Crippen LogP contribution in [0.4, 0.5) is 4.39 Å². The molecule has 2 aromatic rings. The Morgan fingerprint density at radius 3 is 2.67 bits per heavy atom. The largest absolute Gasteiger partial charge is 0.303 e. The van der Waals surface area contributed by atoms with Crippen LogP contribution >= 0.6 is 0 Å². The van der Waals surface area contributed by atoms with Crippen LogP contribution in [-0.2, 0) is 6.54 Å². The molecule has 1 aliphatic heterocycles. The van der Waals surface area contributed by atoms with Gasteiger partial charge in [-0.15, -0.1) is 0 Å². The summed E-state index contributed by atoms with van der Waals surface area (Å²) >= 11 is 0. The Hall–Kier alpha value is -1.75. The average Bonchev–Trinajstić information content (AvgIpc) is 2.52. The van der Waals surface area contributed by atoms with Crippen LogP contribution in [0.5, 0.6) is 0 Å². The number of benzene rings is 1. The molecule has 4 nitrogen and oxygen atoms in total. The van der Waals surface area contributed by atoms with Gasteiger partial charge in [0, 0.05) is 19.2 Å². The maximum absolute atomic E-state index is 13.3. The van der Waals surface area contributed by atoms with Crippen LogP contribution in [0.3, 0.4) is 0 Å². The third-order valence-corrected chi connectivity index (χ3v) is 4.88. The second-order valence-electron chi connectivity index (χ2n) is 7.37. The number of rotatable bonds is 4. The topological polar surface area (TPSA) is 38.1 Å². The van der Waals surface area contributed by atoms with Crippen molar-refractivity contribution >= 4 is 10.9 Å². The average molecular weight is 331 g/mol. The summed E-state index contributed by atoms with van der Waals surface area (Å²) in [5.41, 5.74) is 0.391. The first kappa shape index (κ1) is 17.1. The first-order valence-corrected chi connectivity index (χ1v) is 8.83. The third kappa shape index (κ3) is 3.66. The Kier molecular flexibility index (Phi) is 4.99. The second-order valence-corrected chi connectivity index (χ2v) is 7.37. The van der Waals surface area contributed by atoms with E-state index in [1.54, 1.807) is 10.6 Å². The van der Waals surface area contributed by atoms with E-state index in [9.17, 15) is 9.18 Å². The summed E-state index contributed by atoms with van der Waals surface area (Å²) in [6, 6.07) is 4.20. The lowest BCUT2D eigenvalue weighted by Gasteiger charge is -2.33. The normalized spacial score (nSPS) is 17.0. The number of fused-ring (bicyclic) bond motifs is 1. The van der Waals surface area contributed by atoms with Gasteiger partial charge in [-0.05, 0) is 56.8 Å². The van der Waals surface area contributed by atoms with Crippen molar-refractivity contribution in [3.05, 3.63) is 40.2 Å². The molecule has 0 unspecified atom stereocenters. The van der Waals surface area contributed by atoms with E-state index in [-0.39, 0.29) is 11.4 Å². The molecule has 0 aliphatic carbocycles. The quantitative estimate of drug-likeness (QED) is 0.863. The highest BCUT2D eigenvalue weighted by Gasteiger charge is 2.21. The smallest absolute Gasteiger partial charge is 0.261 e. The Morgan fingerprint density at radius 1 is 1.29 bits per heavy atom. The van der Waals surface area contributed by atoms with Gasteiger partial charge in [0.1, 0.15) is 11.6 Å². The van der Waals surface area contributed by atoms with E-state index in [2.05, 4.69) is 23.7 Å². The Morgan fingerprint density at radius 2 is 2.00 bits per heavy atom. The number of aromatic nitrogens is 2. The lowest BCUT2D eigenvalue weighted by molar-refractivity contribution is 0.158. The van der Waals surface area contributed by atoms with E-state index >= 15 is 0 Å². The minimum Gasteiger partial charge on any atom is -0.303 e. The number of nitrogens with zero attached hydrogens (tertiary/aromatic N) is 3. The van der Waals surface area contributed by atoms with Crippen molar-refractivity contribution in [3.63, 3.8) is 0 Å². The molecule has 3 rings (SSSR count). The van der Waals surface area contributed by atoms with E-state index in [4.69, 9.17) is 0 Å². The minimum atomic E-state index is -0.357. The van der Waals surface area contributed by atoms with Crippen molar-refractivity contribution in [2.75, 3.05) is 19.6 Å². The predicted octanol–water partition coefficient (Wildman–Crippen LogP) is 3.21. The van der Waals surface area contributed by atoms with Crippen LogP contribution in [0.15, 0.2) is 23.0 Å². The summed E-state index contributed by atoms with van der Waals surface area (Å²) in [7, 11) is 0. The van der Waals surface area contributed by atoms with Crippen molar-refractivity contribution in [2.45, 2.75) is 40.2 Å². The molecule has 0 bridgehead atoms. The van der Waals surface area contributed by atoms with Crippen molar-refractivity contribution in [2.24, 2.45) is 11.8 Å². The summed E-state index contributed by atoms with van der Waals surface area (Å²) in [6.45, 7) is 10.4. The fourth-order valence-electron chi connectivity index (χ4n) is 3.65.